The van der Waals surface area contributed by atoms with E-state index in [0.29, 0.717) is 44.0 Å². The van der Waals surface area contributed by atoms with Gasteiger partial charge in [0.15, 0.2) is 5.69 Å². The minimum absolute atomic E-state index is 0.180. The molecule has 0 atom stereocenters. The van der Waals surface area contributed by atoms with Crippen molar-refractivity contribution in [3.8, 4) is 11.6 Å². The van der Waals surface area contributed by atoms with Crippen molar-refractivity contribution in [1.82, 2.24) is 20.0 Å². The normalized spacial score (nSPS) is 11.2. The van der Waals surface area contributed by atoms with E-state index >= 15 is 0 Å². The van der Waals surface area contributed by atoms with E-state index in [1.165, 1.54) is 16.4 Å². The number of hydrogen-bond donors (Lipinski definition) is 0. The summed E-state index contributed by atoms with van der Waals surface area (Å²) in [7, 11) is 0. The fraction of sp³-hybridized carbons (Fsp3) is 0.0833. The zero-order chi connectivity index (χ0) is 22.8. The van der Waals surface area contributed by atoms with Gasteiger partial charge in [0.2, 0.25) is 0 Å². The predicted octanol–water partition coefficient (Wildman–Crippen LogP) is 6.09. The molecule has 9 heteroatoms. The third-order valence-electron chi connectivity index (χ3n) is 5.05. The highest BCUT2D eigenvalue weighted by Crippen LogP contribution is 2.32. The number of thioether (sulfide) groups is 1. The lowest BCUT2D eigenvalue weighted by atomic mass is 10.1. The molecule has 0 radical (unpaired) electrons. The molecule has 0 N–H and O–H groups in total. The molecule has 0 saturated carbocycles. The first-order valence-corrected chi connectivity index (χ1v) is 11.8. The summed E-state index contributed by atoms with van der Waals surface area (Å²) in [5.41, 5.74) is 2.04. The topological polar surface area (TPSA) is 73.8 Å². The number of fused-ring (bicyclic) bond motifs is 1. The van der Waals surface area contributed by atoms with E-state index in [-0.39, 0.29) is 11.4 Å². The lowest BCUT2D eigenvalue weighted by Crippen LogP contribution is -2.24. The Hall–Kier alpha value is -3.13. The molecule has 33 heavy (non-hydrogen) atoms. The Balaban J connectivity index is 1.50. The Kier molecular flexibility index (Phi) is 6.17. The minimum atomic E-state index is -0.180. The van der Waals surface area contributed by atoms with E-state index in [4.69, 9.17) is 27.6 Å². The molecule has 5 aromatic rings. The molecule has 0 spiro atoms. The molecule has 6 nitrogen and oxygen atoms in total. The summed E-state index contributed by atoms with van der Waals surface area (Å²) >= 11 is 13.8. The van der Waals surface area contributed by atoms with E-state index in [0.717, 1.165) is 11.1 Å². The fourth-order valence-corrected chi connectivity index (χ4v) is 4.93. The van der Waals surface area contributed by atoms with Crippen LogP contribution in [0.3, 0.4) is 0 Å². The van der Waals surface area contributed by atoms with Crippen molar-refractivity contribution in [2.75, 3.05) is 0 Å². The second-order valence-corrected chi connectivity index (χ2v) is 8.95. The maximum Gasteiger partial charge on any atom is 0.277 e. The molecule has 3 aromatic carbocycles. The Morgan fingerprint density at radius 2 is 1.55 bits per heavy atom. The number of hydrogen-bond acceptors (Lipinski definition) is 6. The van der Waals surface area contributed by atoms with Crippen LogP contribution in [0.1, 0.15) is 11.1 Å². The predicted molar refractivity (Wildman–Crippen MR) is 131 cm³/mol. The van der Waals surface area contributed by atoms with Crippen molar-refractivity contribution >= 4 is 45.7 Å². The van der Waals surface area contributed by atoms with Gasteiger partial charge in [0.05, 0.1) is 11.9 Å². The van der Waals surface area contributed by atoms with Gasteiger partial charge in [-0.25, -0.2) is 4.68 Å². The standard InChI is InChI=1S/C24H16Cl2N4O2S/c25-19-11-6-12-20(26)18(19)14-33-24-28-27-22(32-24)21-16-9-4-5-10-17(16)23(31)30(29-21)13-15-7-2-1-3-8-15/h1-12H,13-14H2. The molecule has 0 aliphatic rings. The maximum atomic E-state index is 13.0. The van der Waals surface area contributed by atoms with Gasteiger partial charge in [-0.15, -0.1) is 10.2 Å². The van der Waals surface area contributed by atoms with Crippen LogP contribution in [-0.2, 0) is 12.3 Å². The highest BCUT2D eigenvalue weighted by atomic mass is 35.5. The molecule has 0 aliphatic heterocycles. The fourth-order valence-electron chi connectivity index (χ4n) is 3.42. The first-order chi connectivity index (χ1) is 16.1. The minimum Gasteiger partial charge on any atom is -0.409 e. The van der Waals surface area contributed by atoms with Crippen LogP contribution in [0.15, 0.2) is 87.2 Å². The Bertz CT molecular complexity index is 1480. The summed E-state index contributed by atoms with van der Waals surface area (Å²) in [5.74, 6) is 0.711. The van der Waals surface area contributed by atoms with E-state index < -0.39 is 0 Å². The SMILES string of the molecule is O=c1c2ccccc2c(-c2nnc(SCc3c(Cl)cccc3Cl)o2)nn1Cc1ccccc1. The summed E-state index contributed by atoms with van der Waals surface area (Å²) < 4.78 is 7.33. The summed E-state index contributed by atoms with van der Waals surface area (Å²) in [5, 5.41) is 15.6. The monoisotopic (exact) mass is 494 g/mol. The molecule has 0 saturated heterocycles. The van der Waals surface area contributed by atoms with Gasteiger partial charge in [0.1, 0.15) is 0 Å². The van der Waals surface area contributed by atoms with E-state index in [2.05, 4.69) is 15.3 Å². The Morgan fingerprint density at radius 1 is 0.848 bits per heavy atom. The summed E-state index contributed by atoms with van der Waals surface area (Å²) in [6, 6.07) is 22.3. The Labute approximate surface area is 203 Å². The molecule has 0 fully saturated rings. The second-order valence-electron chi connectivity index (χ2n) is 7.20. The van der Waals surface area contributed by atoms with Gasteiger partial charge in [-0.3, -0.25) is 4.79 Å². The molecule has 2 aromatic heterocycles. The number of nitrogens with zero attached hydrogens (tertiary/aromatic N) is 4. The van der Waals surface area contributed by atoms with Crippen LogP contribution in [0.4, 0.5) is 0 Å². The van der Waals surface area contributed by atoms with Crippen molar-refractivity contribution in [2.45, 2.75) is 17.5 Å². The molecule has 0 amide bonds. The lowest BCUT2D eigenvalue weighted by molar-refractivity contribution is 0.463. The molecular weight excluding hydrogens is 479 g/mol. The zero-order valence-electron chi connectivity index (χ0n) is 17.1. The summed E-state index contributed by atoms with van der Waals surface area (Å²) in [6.07, 6.45) is 0. The molecular formula is C24H16Cl2N4O2S. The summed E-state index contributed by atoms with van der Waals surface area (Å²) in [6.45, 7) is 0.332. The van der Waals surface area contributed by atoms with E-state index in [9.17, 15) is 4.79 Å². The number of halogens is 2. The van der Waals surface area contributed by atoms with E-state index in [1.54, 1.807) is 24.3 Å². The quantitative estimate of drug-likeness (QED) is 0.265. The average molecular weight is 495 g/mol. The number of benzene rings is 3. The first kappa shape index (κ1) is 21.7. The first-order valence-electron chi connectivity index (χ1n) is 10.0. The van der Waals surface area contributed by atoms with Gasteiger partial charge >= 0.3 is 0 Å². The van der Waals surface area contributed by atoms with Gasteiger partial charge in [-0.1, -0.05) is 89.6 Å². The van der Waals surface area contributed by atoms with Crippen LogP contribution in [-0.4, -0.2) is 20.0 Å². The van der Waals surface area contributed by atoms with Crippen LogP contribution >= 0.6 is 35.0 Å². The van der Waals surface area contributed by atoms with Crippen LogP contribution in [0.25, 0.3) is 22.4 Å². The van der Waals surface area contributed by atoms with Crippen LogP contribution in [0, 0.1) is 0 Å². The third kappa shape index (κ3) is 4.53. The molecule has 2 heterocycles. The highest BCUT2D eigenvalue weighted by molar-refractivity contribution is 7.98. The van der Waals surface area contributed by atoms with Crippen LogP contribution in [0.5, 0.6) is 0 Å². The lowest BCUT2D eigenvalue weighted by Gasteiger charge is -2.09. The van der Waals surface area contributed by atoms with Crippen molar-refractivity contribution in [3.63, 3.8) is 0 Å². The summed E-state index contributed by atoms with van der Waals surface area (Å²) in [4.78, 5) is 13.0. The van der Waals surface area contributed by atoms with Crippen molar-refractivity contribution < 1.29 is 4.42 Å². The highest BCUT2D eigenvalue weighted by Gasteiger charge is 2.18. The molecule has 0 aliphatic carbocycles. The van der Waals surface area contributed by atoms with Crippen LogP contribution in [0.2, 0.25) is 10.0 Å². The van der Waals surface area contributed by atoms with E-state index in [1.807, 2.05) is 48.5 Å². The van der Waals surface area contributed by atoms with Gasteiger partial charge in [-0.05, 0) is 29.3 Å². The van der Waals surface area contributed by atoms with Gasteiger partial charge < -0.3 is 4.42 Å². The zero-order valence-corrected chi connectivity index (χ0v) is 19.4. The Morgan fingerprint density at radius 3 is 2.30 bits per heavy atom. The van der Waals surface area contributed by atoms with Crippen LogP contribution < -0.4 is 5.56 Å². The van der Waals surface area contributed by atoms with Crippen molar-refractivity contribution in [2.24, 2.45) is 0 Å². The molecule has 0 unspecified atom stereocenters. The van der Waals surface area contributed by atoms with Gasteiger partial charge in [-0.2, -0.15) is 5.10 Å². The third-order valence-corrected chi connectivity index (χ3v) is 6.61. The molecule has 5 rings (SSSR count). The van der Waals surface area contributed by atoms with Gasteiger partial charge in [0, 0.05) is 21.2 Å². The number of rotatable bonds is 6. The maximum absolute atomic E-state index is 13.0. The molecule has 0 bridgehead atoms. The molecule has 164 valence electrons. The van der Waals surface area contributed by atoms with Crippen molar-refractivity contribution in [1.29, 1.82) is 0 Å². The van der Waals surface area contributed by atoms with Crippen molar-refractivity contribution in [3.05, 3.63) is 104 Å². The second kappa shape index (κ2) is 9.39. The number of aromatic nitrogens is 4. The largest absolute Gasteiger partial charge is 0.409 e. The van der Waals surface area contributed by atoms with Gasteiger partial charge in [0.25, 0.3) is 16.7 Å². The smallest absolute Gasteiger partial charge is 0.277 e. The average Bonchev–Trinajstić information content (AvgIpc) is 3.30.